The number of halogens is 1. The topological polar surface area (TPSA) is 58.7 Å². The summed E-state index contributed by atoms with van der Waals surface area (Å²) in [7, 11) is 0. The molecule has 0 saturated heterocycles. The first-order valence-corrected chi connectivity index (χ1v) is 6.39. The van der Waals surface area contributed by atoms with Crippen LogP contribution in [-0.2, 0) is 13.0 Å². The van der Waals surface area contributed by atoms with E-state index in [2.05, 4.69) is 5.10 Å². The van der Waals surface area contributed by atoms with Gasteiger partial charge in [0.25, 0.3) is 5.56 Å². The Morgan fingerprint density at radius 2 is 2.05 bits per heavy atom. The molecule has 4 nitrogen and oxygen atoms in total. The van der Waals surface area contributed by atoms with E-state index in [1.54, 1.807) is 18.2 Å². The summed E-state index contributed by atoms with van der Waals surface area (Å²) in [5.41, 5.74) is 1.47. The van der Waals surface area contributed by atoms with Crippen molar-refractivity contribution in [1.29, 1.82) is 5.26 Å². The van der Waals surface area contributed by atoms with Crippen LogP contribution in [0.1, 0.15) is 18.9 Å². The van der Waals surface area contributed by atoms with Gasteiger partial charge < -0.3 is 0 Å². The molecule has 0 N–H and O–H groups in total. The first kappa shape index (κ1) is 13.9. The van der Waals surface area contributed by atoms with Crippen LogP contribution < -0.4 is 5.56 Å². The van der Waals surface area contributed by atoms with E-state index in [0.29, 0.717) is 17.8 Å². The Labute approximate surface area is 116 Å². The molecule has 0 radical (unpaired) electrons. The molecule has 0 saturated carbocycles. The molecule has 102 valence electrons. The lowest BCUT2D eigenvalue weighted by Gasteiger charge is -2.08. The molecule has 1 aromatic carbocycles. The van der Waals surface area contributed by atoms with Crippen molar-refractivity contribution >= 4 is 0 Å². The molecule has 0 aliphatic rings. The summed E-state index contributed by atoms with van der Waals surface area (Å²) < 4.78 is 14.3. The maximum Gasteiger partial charge on any atom is 0.271 e. The van der Waals surface area contributed by atoms with Crippen molar-refractivity contribution in [1.82, 2.24) is 9.78 Å². The van der Waals surface area contributed by atoms with Gasteiger partial charge in [0.2, 0.25) is 0 Å². The van der Waals surface area contributed by atoms with Gasteiger partial charge in [0.15, 0.2) is 0 Å². The number of hydrogen-bond donors (Lipinski definition) is 0. The molecule has 0 aliphatic carbocycles. The van der Waals surface area contributed by atoms with Gasteiger partial charge in [-0.25, -0.2) is 9.07 Å². The summed E-state index contributed by atoms with van der Waals surface area (Å²) in [5.74, 6) is -0.326. The first-order valence-electron chi connectivity index (χ1n) is 6.39. The molecule has 0 amide bonds. The maximum absolute atomic E-state index is 12.9. The third-order valence-corrected chi connectivity index (χ3v) is 2.89. The molecule has 1 heterocycles. The van der Waals surface area contributed by atoms with Crippen LogP contribution >= 0.6 is 0 Å². The number of aryl methyl sites for hydroxylation is 1. The number of aromatic nitrogens is 2. The first-order chi connectivity index (χ1) is 9.65. The molecule has 0 atom stereocenters. The Morgan fingerprint density at radius 1 is 1.35 bits per heavy atom. The molecule has 2 aromatic rings. The molecule has 2 rings (SSSR count). The van der Waals surface area contributed by atoms with Crippen molar-refractivity contribution < 1.29 is 4.39 Å². The summed E-state index contributed by atoms with van der Waals surface area (Å²) in [6.07, 6.45) is 0.811. The van der Waals surface area contributed by atoms with E-state index >= 15 is 0 Å². The number of rotatable bonds is 4. The lowest BCUT2D eigenvalue weighted by Crippen LogP contribution is -2.26. The second-order valence-electron chi connectivity index (χ2n) is 4.42. The molecule has 0 aliphatic heterocycles. The molecule has 0 unspecified atom stereocenters. The van der Waals surface area contributed by atoms with Gasteiger partial charge in [0, 0.05) is 17.7 Å². The average Bonchev–Trinajstić information content (AvgIpc) is 2.44. The zero-order chi connectivity index (χ0) is 14.5. The summed E-state index contributed by atoms with van der Waals surface area (Å²) in [6, 6.07) is 9.48. The Morgan fingerprint density at radius 3 is 2.65 bits per heavy atom. The monoisotopic (exact) mass is 271 g/mol. The number of hydrogen-bond acceptors (Lipinski definition) is 3. The van der Waals surface area contributed by atoms with Crippen LogP contribution in [0.5, 0.6) is 0 Å². The summed E-state index contributed by atoms with van der Waals surface area (Å²) in [6.45, 7) is 2.44. The van der Waals surface area contributed by atoms with Gasteiger partial charge >= 0.3 is 0 Å². The van der Waals surface area contributed by atoms with Gasteiger partial charge in [-0.2, -0.15) is 10.4 Å². The molecule has 1 aromatic heterocycles. The second kappa shape index (κ2) is 6.11. The van der Waals surface area contributed by atoms with E-state index in [9.17, 15) is 9.18 Å². The van der Waals surface area contributed by atoms with Crippen LogP contribution in [0.2, 0.25) is 0 Å². The number of nitrogens with zero attached hydrogens (tertiary/aromatic N) is 3. The minimum atomic E-state index is -0.326. The SMILES string of the molecule is CCCn1nc(-c2ccc(F)cc2)cc(CC#N)c1=O. The largest absolute Gasteiger partial charge is 0.271 e. The van der Waals surface area contributed by atoms with Gasteiger partial charge in [0.05, 0.1) is 18.2 Å². The van der Waals surface area contributed by atoms with Crippen LogP contribution in [-0.4, -0.2) is 9.78 Å². The van der Waals surface area contributed by atoms with Crippen LogP contribution in [0.4, 0.5) is 4.39 Å². The predicted molar refractivity (Wildman–Crippen MR) is 73.5 cm³/mol. The normalized spacial score (nSPS) is 10.2. The zero-order valence-corrected chi connectivity index (χ0v) is 11.1. The quantitative estimate of drug-likeness (QED) is 0.858. The number of benzene rings is 1. The van der Waals surface area contributed by atoms with E-state index in [1.165, 1.54) is 16.8 Å². The Bertz CT molecular complexity index is 699. The minimum Gasteiger partial charge on any atom is -0.267 e. The summed E-state index contributed by atoms with van der Waals surface area (Å²) >= 11 is 0. The summed E-state index contributed by atoms with van der Waals surface area (Å²) in [4.78, 5) is 12.1. The fraction of sp³-hybridized carbons (Fsp3) is 0.267. The van der Waals surface area contributed by atoms with Crippen molar-refractivity contribution in [3.05, 3.63) is 52.1 Å². The highest BCUT2D eigenvalue weighted by atomic mass is 19.1. The van der Waals surface area contributed by atoms with Gasteiger partial charge in [-0.05, 0) is 36.8 Å². The lowest BCUT2D eigenvalue weighted by atomic mass is 10.1. The second-order valence-corrected chi connectivity index (χ2v) is 4.42. The van der Waals surface area contributed by atoms with Crippen LogP contribution in [0.25, 0.3) is 11.3 Å². The molecule has 0 bridgehead atoms. The minimum absolute atomic E-state index is 0.0409. The third-order valence-electron chi connectivity index (χ3n) is 2.89. The lowest BCUT2D eigenvalue weighted by molar-refractivity contribution is 0.566. The van der Waals surface area contributed by atoms with Crippen molar-refractivity contribution in [2.75, 3.05) is 0 Å². The van der Waals surface area contributed by atoms with Gasteiger partial charge in [-0.3, -0.25) is 4.79 Å². The molecule has 5 heteroatoms. The third kappa shape index (κ3) is 2.91. The smallest absolute Gasteiger partial charge is 0.267 e. The Hall–Kier alpha value is -2.48. The molecule has 0 fully saturated rings. The fourth-order valence-corrected chi connectivity index (χ4v) is 1.93. The molecule has 20 heavy (non-hydrogen) atoms. The van der Waals surface area contributed by atoms with Crippen molar-refractivity contribution in [3.8, 4) is 17.3 Å². The van der Waals surface area contributed by atoms with Crippen LogP contribution in [0.15, 0.2) is 35.1 Å². The van der Waals surface area contributed by atoms with Crippen molar-refractivity contribution in [2.45, 2.75) is 26.3 Å². The van der Waals surface area contributed by atoms with Crippen LogP contribution in [0, 0.1) is 17.1 Å². The predicted octanol–water partition coefficient (Wildman–Crippen LogP) is 2.53. The molecule has 0 spiro atoms. The van der Waals surface area contributed by atoms with Crippen molar-refractivity contribution in [2.24, 2.45) is 0 Å². The zero-order valence-electron chi connectivity index (χ0n) is 11.1. The van der Waals surface area contributed by atoms with E-state index in [0.717, 1.165) is 12.0 Å². The van der Waals surface area contributed by atoms with E-state index in [4.69, 9.17) is 5.26 Å². The average molecular weight is 271 g/mol. The Balaban J connectivity index is 2.55. The number of nitriles is 1. The molecular formula is C15H14FN3O. The van der Waals surface area contributed by atoms with Crippen molar-refractivity contribution in [3.63, 3.8) is 0 Å². The van der Waals surface area contributed by atoms with E-state index in [-0.39, 0.29) is 17.8 Å². The molecular weight excluding hydrogens is 257 g/mol. The summed E-state index contributed by atoms with van der Waals surface area (Å²) in [5, 5.41) is 13.1. The maximum atomic E-state index is 12.9. The van der Waals surface area contributed by atoms with Gasteiger partial charge in [-0.15, -0.1) is 0 Å². The van der Waals surface area contributed by atoms with Gasteiger partial charge in [-0.1, -0.05) is 6.92 Å². The van der Waals surface area contributed by atoms with Gasteiger partial charge in [0.1, 0.15) is 5.82 Å². The van der Waals surface area contributed by atoms with E-state index < -0.39 is 0 Å². The highest BCUT2D eigenvalue weighted by molar-refractivity contribution is 5.59. The van der Waals surface area contributed by atoms with Crippen LogP contribution in [0.3, 0.4) is 0 Å². The highest BCUT2D eigenvalue weighted by Crippen LogP contribution is 2.17. The standard InChI is InChI=1S/C15H14FN3O/c1-2-9-19-15(20)12(7-8-17)10-14(18-19)11-3-5-13(16)6-4-11/h3-6,10H,2,7,9H2,1H3. The Kier molecular flexibility index (Phi) is 4.26. The van der Waals surface area contributed by atoms with E-state index in [1.807, 2.05) is 13.0 Å². The fourth-order valence-electron chi connectivity index (χ4n) is 1.93. The highest BCUT2D eigenvalue weighted by Gasteiger charge is 2.09.